The van der Waals surface area contributed by atoms with E-state index >= 15 is 0 Å². The number of carbonyl (C=O) groups is 3. The van der Waals surface area contributed by atoms with Gasteiger partial charge >= 0.3 is 17.9 Å². The van der Waals surface area contributed by atoms with Crippen molar-refractivity contribution in [3.05, 3.63) is 122 Å². The molecule has 0 aliphatic rings. The summed E-state index contributed by atoms with van der Waals surface area (Å²) in [4.78, 5) is 37.8. The van der Waals surface area contributed by atoms with Crippen LogP contribution in [0.5, 0.6) is 0 Å². The largest absolute Gasteiger partial charge is 0.462 e. The van der Waals surface area contributed by atoms with Crippen molar-refractivity contribution in [2.75, 3.05) is 13.2 Å². The van der Waals surface area contributed by atoms with E-state index in [1.807, 2.05) is 0 Å². The van der Waals surface area contributed by atoms with Crippen LogP contribution >= 0.6 is 0 Å². The lowest BCUT2D eigenvalue weighted by atomic mass is 10.1. The van der Waals surface area contributed by atoms with Crippen LogP contribution in [0.3, 0.4) is 0 Å². The highest BCUT2D eigenvalue weighted by Crippen LogP contribution is 2.13. The number of allylic oxidation sites excluding steroid dienone is 20. The first-order valence-corrected chi connectivity index (χ1v) is 26.5. The maximum atomic E-state index is 12.7. The minimum Gasteiger partial charge on any atom is -0.462 e. The predicted molar refractivity (Wildman–Crippen MR) is 283 cm³/mol. The number of hydrogen-bond donors (Lipinski definition) is 0. The molecular weight excluding hydrogens is 817 g/mol. The molecule has 6 nitrogen and oxygen atoms in total. The zero-order chi connectivity index (χ0) is 47.9. The van der Waals surface area contributed by atoms with Crippen LogP contribution in [0, 0.1) is 0 Å². The molecule has 0 rings (SSSR count). The van der Waals surface area contributed by atoms with Gasteiger partial charge in [0.15, 0.2) is 6.10 Å². The fraction of sp³-hybridized carbons (Fsp3) is 0.617. The van der Waals surface area contributed by atoms with Gasteiger partial charge in [-0.25, -0.2) is 0 Å². The molecule has 372 valence electrons. The Labute approximate surface area is 405 Å². The smallest absolute Gasteiger partial charge is 0.306 e. The number of hydrogen-bond acceptors (Lipinski definition) is 6. The average Bonchev–Trinajstić information content (AvgIpc) is 3.31. The van der Waals surface area contributed by atoms with Crippen LogP contribution in [0.15, 0.2) is 122 Å². The summed E-state index contributed by atoms with van der Waals surface area (Å²) in [5.41, 5.74) is 0. The Morgan fingerprint density at radius 3 is 0.970 bits per heavy atom. The van der Waals surface area contributed by atoms with E-state index in [4.69, 9.17) is 14.2 Å². The SMILES string of the molecule is CC/C=C\C/C=C\C/C=C\C/C=C\C/C=C\CCCCCCCCCCCC(=O)OCC(COC(=O)CCCCCCCC)OC(=O)CCC/C=C\C/C=C\C/C=C\C/C=C\C/C=C\CC. The van der Waals surface area contributed by atoms with Crippen molar-refractivity contribution in [2.45, 2.75) is 226 Å². The van der Waals surface area contributed by atoms with E-state index < -0.39 is 6.10 Å². The summed E-state index contributed by atoms with van der Waals surface area (Å²) in [7, 11) is 0. The predicted octanol–water partition coefficient (Wildman–Crippen LogP) is 17.7. The van der Waals surface area contributed by atoms with Gasteiger partial charge in [-0.15, -0.1) is 0 Å². The van der Waals surface area contributed by atoms with Gasteiger partial charge in [-0.2, -0.15) is 0 Å². The standard InChI is InChI=1S/C60H96O6/c1-4-7-10-13-16-18-20-22-24-26-27-28-29-30-31-32-33-35-36-38-40-42-44-47-50-53-59(62)65-56-57(55-64-58(61)52-49-46-15-12-9-6-3)66-60(63)54-51-48-45-43-41-39-37-34-25-23-21-19-17-14-11-8-5-2/h7-8,10-11,16-19,22-25,27-28,30-31,37,39,43,45,57H,4-6,9,12-15,20-21,26,29,32-36,38,40-42,44,46-56H2,1-3H3/b10-7-,11-8-,18-16-,19-17-,24-22-,25-23-,28-27-,31-30-,39-37-,45-43-. The fourth-order valence-corrected chi connectivity index (χ4v) is 6.80. The molecule has 0 amide bonds. The van der Waals surface area contributed by atoms with Gasteiger partial charge in [0.1, 0.15) is 13.2 Å². The van der Waals surface area contributed by atoms with Gasteiger partial charge in [0, 0.05) is 19.3 Å². The minimum absolute atomic E-state index is 0.105. The van der Waals surface area contributed by atoms with Crippen molar-refractivity contribution < 1.29 is 28.6 Å². The van der Waals surface area contributed by atoms with Crippen LogP contribution in [0.25, 0.3) is 0 Å². The molecule has 0 aliphatic heterocycles. The second-order valence-corrected chi connectivity index (χ2v) is 17.0. The lowest BCUT2D eigenvalue weighted by Gasteiger charge is -2.18. The fourth-order valence-electron chi connectivity index (χ4n) is 6.80. The molecule has 0 N–H and O–H groups in total. The number of unbranched alkanes of at least 4 members (excludes halogenated alkanes) is 15. The van der Waals surface area contributed by atoms with E-state index in [-0.39, 0.29) is 37.5 Å². The van der Waals surface area contributed by atoms with Crippen molar-refractivity contribution in [2.24, 2.45) is 0 Å². The maximum Gasteiger partial charge on any atom is 0.306 e. The maximum absolute atomic E-state index is 12.7. The Balaban J connectivity index is 4.27. The highest BCUT2D eigenvalue weighted by Gasteiger charge is 2.19. The molecule has 1 atom stereocenters. The molecule has 0 radical (unpaired) electrons. The van der Waals surface area contributed by atoms with Crippen molar-refractivity contribution in [3.8, 4) is 0 Å². The lowest BCUT2D eigenvalue weighted by molar-refractivity contribution is -0.167. The van der Waals surface area contributed by atoms with Crippen LogP contribution in [0.4, 0.5) is 0 Å². The molecular formula is C60H96O6. The molecule has 0 fully saturated rings. The minimum atomic E-state index is -0.809. The number of rotatable bonds is 46. The van der Waals surface area contributed by atoms with Crippen LogP contribution < -0.4 is 0 Å². The van der Waals surface area contributed by atoms with Crippen molar-refractivity contribution >= 4 is 17.9 Å². The van der Waals surface area contributed by atoms with E-state index in [0.717, 1.165) is 116 Å². The first-order valence-electron chi connectivity index (χ1n) is 26.5. The third-order valence-corrected chi connectivity index (χ3v) is 10.7. The second-order valence-electron chi connectivity index (χ2n) is 17.0. The summed E-state index contributed by atoms with van der Waals surface area (Å²) in [6.45, 7) is 6.28. The number of esters is 3. The molecule has 0 saturated heterocycles. The van der Waals surface area contributed by atoms with Gasteiger partial charge in [-0.1, -0.05) is 219 Å². The number of ether oxygens (including phenoxy) is 3. The summed E-state index contributed by atoms with van der Waals surface area (Å²) in [6.07, 6.45) is 73.6. The molecule has 0 heterocycles. The van der Waals surface area contributed by atoms with Crippen LogP contribution in [-0.4, -0.2) is 37.2 Å². The monoisotopic (exact) mass is 913 g/mol. The Morgan fingerprint density at radius 1 is 0.318 bits per heavy atom. The molecule has 6 heteroatoms. The van der Waals surface area contributed by atoms with Gasteiger partial charge in [-0.3, -0.25) is 14.4 Å². The van der Waals surface area contributed by atoms with Crippen molar-refractivity contribution in [3.63, 3.8) is 0 Å². The Kier molecular flexibility index (Phi) is 50.0. The van der Waals surface area contributed by atoms with Crippen LogP contribution in [-0.2, 0) is 28.6 Å². The second kappa shape index (κ2) is 53.4. The summed E-state index contributed by atoms with van der Waals surface area (Å²) >= 11 is 0. The third-order valence-electron chi connectivity index (χ3n) is 10.7. The zero-order valence-electron chi connectivity index (χ0n) is 42.4. The highest BCUT2D eigenvalue weighted by molar-refractivity contribution is 5.71. The zero-order valence-corrected chi connectivity index (χ0v) is 42.4. The summed E-state index contributed by atoms with van der Waals surface area (Å²) < 4.78 is 16.7. The quantitative estimate of drug-likeness (QED) is 0.0262. The van der Waals surface area contributed by atoms with Gasteiger partial charge in [0.2, 0.25) is 0 Å². The van der Waals surface area contributed by atoms with Crippen molar-refractivity contribution in [1.29, 1.82) is 0 Å². The topological polar surface area (TPSA) is 78.9 Å². The van der Waals surface area contributed by atoms with E-state index in [1.54, 1.807) is 0 Å². The molecule has 0 bridgehead atoms. The third kappa shape index (κ3) is 50.8. The van der Waals surface area contributed by atoms with E-state index in [1.165, 1.54) is 57.8 Å². The van der Waals surface area contributed by atoms with E-state index in [9.17, 15) is 14.4 Å². The molecule has 0 spiro atoms. The van der Waals surface area contributed by atoms with Crippen LogP contribution in [0.1, 0.15) is 220 Å². The first kappa shape index (κ1) is 61.8. The van der Waals surface area contributed by atoms with Gasteiger partial charge in [0.05, 0.1) is 0 Å². The van der Waals surface area contributed by atoms with E-state index in [2.05, 4.69) is 142 Å². The molecule has 0 aromatic carbocycles. The molecule has 0 aromatic rings. The summed E-state index contributed by atoms with van der Waals surface area (Å²) in [5.74, 6) is -0.987. The average molecular weight is 913 g/mol. The highest BCUT2D eigenvalue weighted by atomic mass is 16.6. The first-order chi connectivity index (χ1) is 32.5. The molecule has 66 heavy (non-hydrogen) atoms. The molecule has 1 unspecified atom stereocenters. The van der Waals surface area contributed by atoms with Gasteiger partial charge in [-0.05, 0) is 103 Å². The Morgan fingerprint density at radius 2 is 0.606 bits per heavy atom. The Hall–Kier alpha value is -4.19. The van der Waals surface area contributed by atoms with Crippen molar-refractivity contribution in [1.82, 2.24) is 0 Å². The number of carbonyl (C=O) groups excluding carboxylic acids is 3. The van der Waals surface area contributed by atoms with Gasteiger partial charge < -0.3 is 14.2 Å². The molecule has 0 aromatic heterocycles. The summed E-state index contributed by atoms with van der Waals surface area (Å²) in [5, 5.41) is 0. The summed E-state index contributed by atoms with van der Waals surface area (Å²) in [6, 6.07) is 0. The van der Waals surface area contributed by atoms with Crippen LogP contribution in [0.2, 0.25) is 0 Å². The molecule has 0 saturated carbocycles. The van der Waals surface area contributed by atoms with E-state index in [0.29, 0.717) is 19.3 Å². The normalized spacial score (nSPS) is 13.1. The Bertz CT molecular complexity index is 1420. The molecule has 0 aliphatic carbocycles. The lowest BCUT2D eigenvalue weighted by Crippen LogP contribution is -2.30. The van der Waals surface area contributed by atoms with Gasteiger partial charge in [0.25, 0.3) is 0 Å².